The van der Waals surface area contributed by atoms with Crippen molar-refractivity contribution in [2.45, 2.75) is 13.0 Å². The van der Waals surface area contributed by atoms with Crippen LogP contribution in [0.2, 0.25) is 10.0 Å². The number of carbonyl (C=O) groups excluding carboxylic acids is 1. The van der Waals surface area contributed by atoms with Crippen LogP contribution < -0.4 is 9.64 Å². The number of thiazole rings is 1. The Balaban J connectivity index is 1.55. The number of nitrogens with zero attached hydrogens (tertiary/aromatic N) is 4. The van der Waals surface area contributed by atoms with E-state index in [0.29, 0.717) is 35.0 Å². The summed E-state index contributed by atoms with van der Waals surface area (Å²) in [5.74, 6) is -1.58. The van der Waals surface area contributed by atoms with Crippen molar-refractivity contribution in [3.63, 3.8) is 0 Å². The summed E-state index contributed by atoms with van der Waals surface area (Å²) in [6.45, 7) is 0.583. The number of hydrogen-bond acceptors (Lipinski definition) is 5. The van der Waals surface area contributed by atoms with Crippen LogP contribution in [0, 0.1) is 11.6 Å². The van der Waals surface area contributed by atoms with E-state index < -0.39 is 17.5 Å². The Morgan fingerprint density at radius 2 is 2.06 bits per heavy atom. The van der Waals surface area contributed by atoms with Gasteiger partial charge in [0.25, 0.3) is 5.91 Å². The van der Waals surface area contributed by atoms with Crippen LogP contribution in [0.1, 0.15) is 6.42 Å². The van der Waals surface area contributed by atoms with Crippen molar-refractivity contribution in [2.24, 2.45) is 0 Å². The third kappa shape index (κ3) is 5.17. The first-order chi connectivity index (χ1) is 15.4. The third-order valence-corrected chi connectivity index (χ3v) is 6.09. The van der Waals surface area contributed by atoms with Crippen LogP contribution in [0.15, 0.2) is 49.1 Å². The molecule has 0 N–H and O–H groups in total. The summed E-state index contributed by atoms with van der Waals surface area (Å²) >= 11 is 13.0. The molecule has 0 atom stereocenters. The zero-order valence-corrected chi connectivity index (χ0v) is 18.8. The van der Waals surface area contributed by atoms with Gasteiger partial charge in [0, 0.05) is 36.6 Å². The molecule has 0 bridgehead atoms. The highest BCUT2D eigenvalue weighted by molar-refractivity contribution is 7.22. The fourth-order valence-corrected chi connectivity index (χ4v) is 4.54. The van der Waals surface area contributed by atoms with Crippen LogP contribution in [-0.4, -0.2) is 33.6 Å². The molecule has 0 aliphatic heterocycles. The average Bonchev–Trinajstić information content (AvgIpc) is 3.40. The molecule has 6 nitrogen and oxygen atoms in total. The third-order valence-electron chi connectivity index (χ3n) is 4.54. The van der Waals surface area contributed by atoms with E-state index in [1.54, 1.807) is 24.7 Å². The second-order valence-electron chi connectivity index (χ2n) is 6.79. The van der Waals surface area contributed by atoms with E-state index in [1.807, 2.05) is 10.8 Å². The molecule has 2 aromatic carbocycles. The molecule has 1 amide bonds. The number of fused-ring (bicyclic) bond motifs is 1. The van der Waals surface area contributed by atoms with Gasteiger partial charge < -0.3 is 9.30 Å². The van der Waals surface area contributed by atoms with Gasteiger partial charge in [-0.05, 0) is 30.7 Å². The van der Waals surface area contributed by atoms with Gasteiger partial charge in [-0.2, -0.15) is 0 Å². The minimum atomic E-state index is -0.780. The van der Waals surface area contributed by atoms with Gasteiger partial charge in [-0.1, -0.05) is 34.5 Å². The number of anilines is 1. The van der Waals surface area contributed by atoms with Crippen LogP contribution in [-0.2, 0) is 11.3 Å². The highest BCUT2D eigenvalue weighted by Gasteiger charge is 2.22. The number of hydrogen-bond donors (Lipinski definition) is 0. The molecule has 0 radical (unpaired) electrons. The topological polar surface area (TPSA) is 60.2 Å². The number of amides is 1. The maximum atomic E-state index is 14.1. The first-order valence-electron chi connectivity index (χ1n) is 9.50. The molecule has 0 unspecified atom stereocenters. The van der Waals surface area contributed by atoms with Crippen LogP contribution in [0.3, 0.4) is 0 Å². The fourth-order valence-electron chi connectivity index (χ4n) is 3.03. The zero-order valence-electron chi connectivity index (χ0n) is 16.5. The molecule has 32 heavy (non-hydrogen) atoms. The van der Waals surface area contributed by atoms with Crippen molar-refractivity contribution >= 4 is 55.8 Å². The smallest absolute Gasteiger partial charge is 0.266 e. The standard InChI is InChI=1S/C21H16Cl2F2N4O2S/c22-13-2-3-17(15(23)8-13)31-11-19(30)29(6-1-5-28-7-4-26-12-28)21-27-20-16(25)9-14(24)10-18(20)32-21/h2-4,7-10,12H,1,5-6,11H2. The molecular weight excluding hydrogens is 481 g/mol. The van der Waals surface area contributed by atoms with Gasteiger partial charge in [0.1, 0.15) is 17.1 Å². The summed E-state index contributed by atoms with van der Waals surface area (Å²) in [7, 11) is 0. The number of benzene rings is 2. The number of aryl methyl sites for hydroxylation is 1. The van der Waals surface area contributed by atoms with E-state index in [-0.39, 0.29) is 22.3 Å². The van der Waals surface area contributed by atoms with E-state index in [2.05, 4.69) is 9.97 Å². The van der Waals surface area contributed by atoms with Crippen LogP contribution in [0.5, 0.6) is 5.75 Å². The van der Waals surface area contributed by atoms with Gasteiger partial charge in [-0.25, -0.2) is 18.7 Å². The summed E-state index contributed by atoms with van der Waals surface area (Å²) in [4.78, 5) is 22.7. The van der Waals surface area contributed by atoms with Crippen molar-refractivity contribution < 1.29 is 18.3 Å². The lowest BCUT2D eigenvalue weighted by Crippen LogP contribution is -2.36. The number of halogens is 4. The summed E-state index contributed by atoms with van der Waals surface area (Å²) in [5.41, 5.74) is 0.0143. The summed E-state index contributed by atoms with van der Waals surface area (Å²) in [6.07, 6.45) is 5.73. The molecule has 166 valence electrons. The van der Waals surface area contributed by atoms with E-state index in [4.69, 9.17) is 27.9 Å². The van der Waals surface area contributed by atoms with Gasteiger partial charge in [-0.15, -0.1) is 0 Å². The number of rotatable bonds is 8. The molecule has 0 fully saturated rings. The summed E-state index contributed by atoms with van der Waals surface area (Å²) in [5, 5.41) is 0.971. The minimum absolute atomic E-state index is 0.0143. The number of imidazole rings is 1. The second kappa shape index (κ2) is 9.81. The molecule has 11 heteroatoms. The highest BCUT2D eigenvalue weighted by Crippen LogP contribution is 2.32. The van der Waals surface area contributed by atoms with Gasteiger partial charge in [0.15, 0.2) is 17.6 Å². The van der Waals surface area contributed by atoms with Crippen LogP contribution in [0.4, 0.5) is 13.9 Å². The molecule has 0 aliphatic rings. The first-order valence-corrected chi connectivity index (χ1v) is 11.1. The van der Waals surface area contributed by atoms with E-state index >= 15 is 0 Å². The first kappa shape index (κ1) is 22.4. The van der Waals surface area contributed by atoms with Gasteiger partial charge in [0.05, 0.1) is 16.0 Å². The van der Waals surface area contributed by atoms with Crippen molar-refractivity contribution in [2.75, 3.05) is 18.1 Å². The number of aromatic nitrogens is 3. The monoisotopic (exact) mass is 496 g/mol. The second-order valence-corrected chi connectivity index (χ2v) is 8.65. The lowest BCUT2D eigenvalue weighted by Gasteiger charge is -2.20. The molecule has 2 aromatic heterocycles. The largest absolute Gasteiger partial charge is 0.482 e. The Hall–Kier alpha value is -2.75. The zero-order chi connectivity index (χ0) is 22.7. The lowest BCUT2D eigenvalue weighted by atomic mass is 10.3. The maximum absolute atomic E-state index is 14.1. The fraction of sp³-hybridized carbons (Fsp3) is 0.190. The van der Waals surface area contributed by atoms with Crippen molar-refractivity contribution in [3.8, 4) is 5.75 Å². The minimum Gasteiger partial charge on any atom is -0.482 e. The molecule has 2 heterocycles. The quantitative estimate of drug-likeness (QED) is 0.319. The summed E-state index contributed by atoms with van der Waals surface area (Å²) < 4.78 is 35.5. The molecule has 4 rings (SSSR count). The number of ether oxygens (including phenoxy) is 1. The van der Waals surface area contributed by atoms with Crippen molar-refractivity contribution in [1.29, 1.82) is 0 Å². The molecule has 0 saturated carbocycles. The van der Waals surface area contributed by atoms with E-state index in [0.717, 1.165) is 17.4 Å². The summed E-state index contributed by atoms with van der Waals surface area (Å²) in [6, 6.07) is 6.63. The predicted octanol–water partition coefficient (Wildman–Crippen LogP) is 5.58. The Kier molecular flexibility index (Phi) is 6.88. The van der Waals surface area contributed by atoms with Crippen LogP contribution >= 0.6 is 34.5 Å². The van der Waals surface area contributed by atoms with Crippen molar-refractivity contribution in [1.82, 2.24) is 14.5 Å². The van der Waals surface area contributed by atoms with Gasteiger partial charge in [0.2, 0.25) is 0 Å². The SMILES string of the molecule is O=C(COc1ccc(Cl)cc1Cl)N(CCCn1ccnc1)c1nc2c(F)cc(F)cc2s1. The van der Waals surface area contributed by atoms with Gasteiger partial charge >= 0.3 is 0 Å². The molecular formula is C21H16Cl2F2N4O2S. The lowest BCUT2D eigenvalue weighted by molar-refractivity contribution is -0.120. The maximum Gasteiger partial charge on any atom is 0.266 e. The molecule has 0 spiro atoms. The van der Waals surface area contributed by atoms with E-state index in [9.17, 15) is 13.6 Å². The Bertz CT molecular complexity index is 1250. The van der Waals surface area contributed by atoms with Crippen molar-refractivity contribution in [3.05, 3.63) is 70.7 Å². The number of carbonyl (C=O) groups is 1. The Morgan fingerprint density at radius 1 is 1.22 bits per heavy atom. The predicted molar refractivity (Wildman–Crippen MR) is 121 cm³/mol. The Labute approximate surface area is 196 Å². The molecule has 0 saturated heterocycles. The Morgan fingerprint density at radius 3 is 2.81 bits per heavy atom. The highest BCUT2D eigenvalue weighted by atomic mass is 35.5. The van der Waals surface area contributed by atoms with Gasteiger partial charge in [-0.3, -0.25) is 9.69 Å². The van der Waals surface area contributed by atoms with E-state index in [1.165, 1.54) is 17.0 Å². The normalized spacial score (nSPS) is 11.1. The van der Waals surface area contributed by atoms with Crippen LogP contribution in [0.25, 0.3) is 10.2 Å². The molecule has 4 aromatic rings. The average molecular weight is 497 g/mol. The molecule has 0 aliphatic carbocycles.